The highest BCUT2D eigenvalue weighted by Gasteiger charge is 1.86. The molecule has 3 heteroatoms. The Labute approximate surface area is 65.4 Å². The summed E-state index contributed by atoms with van der Waals surface area (Å²) < 4.78 is 0. The van der Waals surface area contributed by atoms with Crippen LogP contribution < -0.4 is 11.5 Å². The zero-order valence-corrected chi connectivity index (χ0v) is 6.04. The van der Waals surface area contributed by atoms with E-state index in [4.69, 9.17) is 11.5 Å². The van der Waals surface area contributed by atoms with Crippen LogP contribution in [0.15, 0.2) is 18.3 Å². The Bertz CT molecular complexity index is 296. The van der Waals surface area contributed by atoms with Crippen LogP contribution in [-0.2, 0) is 0 Å². The van der Waals surface area contributed by atoms with Crippen molar-refractivity contribution in [2.75, 3.05) is 12.3 Å². The molecule has 1 rings (SSSR count). The highest BCUT2D eigenvalue weighted by Crippen LogP contribution is 1.99. The zero-order valence-electron chi connectivity index (χ0n) is 6.04. The summed E-state index contributed by atoms with van der Waals surface area (Å²) in [6, 6.07) is 3.50. The van der Waals surface area contributed by atoms with Crippen LogP contribution in [0.25, 0.3) is 0 Å². The third-order valence-corrected chi connectivity index (χ3v) is 1.12. The van der Waals surface area contributed by atoms with Crippen molar-refractivity contribution < 1.29 is 0 Å². The molecule has 0 spiro atoms. The molecule has 0 bridgehead atoms. The fourth-order valence-electron chi connectivity index (χ4n) is 0.679. The van der Waals surface area contributed by atoms with E-state index in [-0.39, 0.29) is 0 Å². The van der Waals surface area contributed by atoms with Gasteiger partial charge in [0.1, 0.15) is 5.82 Å². The van der Waals surface area contributed by atoms with Crippen LogP contribution in [0.3, 0.4) is 0 Å². The molecule has 0 saturated carbocycles. The first-order chi connectivity index (χ1) is 5.33. The Kier molecular flexibility index (Phi) is 2.47. The molecule has 0 aliphatic carbocycles. The predicted molar refractivity (Wildman–Crippen MR) is 44.6 cm³/mol. The van der Waals surface area contributed by atoms with Crippen LogP contribution >= 0.6 is 0 Å². The topological polar surface area (TPSA) is 64.9 Å². The van der Waals surface area contributed by atoms with Gasteiger partial charge in [-0.25, -0.2) is 4.98 Å². The molecule has 1 aromatic rings. The van der Waals surface area contributed by atoms with Gasteiger partial charge in [-0.15, -0.1) is 0 Å². The number of hydrogen-bond donors (Lipinski definition) is 2. The Balaban J connectivity index is 2.87. The highest BCUT2D eigenvalue weighted by molar-refractivity contribution is 5.41. The van der Waals surface area contributed by atoms with E-state index in [0.717, 1.165) is 5.56 Å². The summed E-state index contributed by atoms with van der Waals surface area (Å²) in [4.78, 5) is 3.83. The first kappa shape index (κ1) is 7.58. The summed E-state index contributed by atoms with van der Waals surface area (Å²) in [7, 11) is 0. The van der Waals surface area contributed by atoms with Crippen molar-refractivity contribution in [2.24, 2.45) is 5.73 Å². The Morgan fingerprint density at radius 2 is 2.36 bits per heavy atom. The first-order valence-electron chi connectivity index (χ1n) is 3.23. The van der Waals surface area contributed by atoms with E-state index in [2.05, 4.69) is 16.8 Å². The number of anilines is 1. The zero-order chi connectivity index (χ0) is 8.10. The molecule has 0 aromatic carbocycles. The van der Waals surface area contributed by atoms with Gasteiger partial charge in [-0.3, -0.25) is 0 Å². The van der Waals surface area contributed by atoms with E-state index < -0.39 is 0 Å². The minimum Gasteiger partial charge on any atom is -0.384 e. The molecule has 0 radical (unpaired) electrons. The van der Waals surface area contributed by atoms with Gasteiger partial charge < -0.3 is 11.5 Å². The van der Waals surface area contributed by atoms with Crippen LogP contribution in [0, 0.1) is 11.8 Å². The number of nitrogens with zero attached hydrogens (tertiary/aromatic N) is 1. The SMILES string of the molecule is NCC#Cc1ccnc(N)c1. The fourth-order valence-corrected chi connectivity index (χ4v) is 0.679. The highest BCUT2D eigenvalue weighted by atomic mass is 14.8. The lowest BCUT2D eigenvalue weighted by Crippen LogP contribution is -1.93. The smallest absolute Gasteiger partial charge is 0.124 e. The molecular weight excluding hydrogens is 138 g/mol. The van der Waals surface area contributed by atoms with Gasteiger partial charge in [0.05, 0.1) is 6.54 Å². The number of nitrogen functional groups attached to an aromatic ring is 1. The molecule has 0 saturated heterocycles. The minimum absolute atomic E-state index is 0.363. The van der Waals surface area contributed by atoms with Crippen molar-refractivity contribution >= 4 is 5.82 Å². The quantitative estimate of drug-likeness (QED) is 0.506. The van der Waals surface area contributed by atoms with E-state index in [1.165, 1.54) is 0 Å². The predicted octanol–water partition coefficient (Wildman–Crippen LogP) is -0.0260. The fraction of sp³-hybridized carbons (Fsp3) is 0.125. The summed E-state index contributed by atoms with van der Waals surface area (Å²) in [6.45, 7) is 0.363. The normalized spacial score (nSPS) is 8.45. The lowest BCUT2D eigenvalue weighted by Gasteiger charge is -1.90. The monoisotopic (exact) mass is 147 g/mol. The third-order valence-electron chi connectivity index (χ3n) is 1.12. The summed E-state index contributed by atoms with van der Waals surface area (Å²) in [5, 5.41) is 0. The first-order valence-corrected chi connectivity index (χ1v) is 3.23. The number of nitrogens with two attached hydrogens (primary N) is 2. The largest absolute Gasteiger partial charge is 0.384 e. The van der Waals surface area contributed by atoms with Gasteiger partial charge in [0.15, 0.2) is 0 Å². The van der Waals surface area contributed by atoms with E-state index in [1.807, 2.05) is 0 Å². The standard InChI is InChI=1S/C8H9N3/c9-4-1-2-7-3-5-11-8(10)6-7/h3,5-6H,4,9H2,(H2,10,11). The van der Waals surface area contributed by atoms with E-state index >= 15 is 0 Å². The van der Waals surface area contributed by atoms with Crippen LogP contribution in [0.2, 0.25) is 0 Å². The van der Waals surface area contributed by atoms with Crippen molar-refractivity contribution in [3.8, 4) is 11.8 Å². The van der Waals surface area contributed by atoms with Crippen LogP contribution in [0.5, 0.6) is 0 Å². The lowest BCUT2D eigenvalue weighted by atomic mass is 10.2. The molecule has 0 unspecified atom stereocenters. The number of aromatic nitrogens is 1. The van der Waals surface area contributed by atoms with E-state index in [1.54, 1.807) is 18.3 Å². The molecule has 0 amide bonds. The number of hydrogen-bond acceptors (Lipinski definition) is 3. The lowest BCUT2D eigenvalue weighted by molar-refractivity contribution is 1.30. The Hall–Kier alpha value is -1.53. The van der Waals surface area contributed by atoms with Gasteiger partial charge in [0, 0.05) is 11.8 Å². The molecule has 56 valence electrons. The second kappa shape index (κ2) is 3.59. The molecule has 4 N–H and O–H groups in total. The molecule has 1 aromatic heterocycles. The van der Waals surface area contributed by atoms with Crippen molar-refractivity contribution in [1.29, 1.82) is 0 Å². The molecule has 11 heavy (non-hydrogen) atoms. The maximum Gasteiger partial charge on any atom is 0.124 e. The summed E-state index contributed by atoms with van der Waals surface area (Å²) in [5.41, 5.74) is 11.5. The third kappa shape index (κ3) is 2.28. The summed E-state index contributed by atoms with van der Waals surface area (Å²) in [5.74, 6) is 6.06. The maximum absolute atomic E-state index is 5.42. The Morgan fingerprint density at radius 3 is 3.00 bits per heavy atom. The number of rotatable bonds is 0. The van der Waals surface area contributed by atoms with Crippen LogP contribution in [-0.4, -0.2) is 11.5 Å². The molecule has 3 nitrogen and oxygen atoms in total. The second-order valence-corrected chi connectivity index (χ2v) is 1.98. The summed E-state index contributed by atoms with van der Waals surface area (Å²) >= 11 is 0. The van der Waals surface area contributed by atoms with Gasteiger partial charge in [0.25, 0.3) is 0 Å². The van der Waals surface area contributed by atoms with Gasteiger partial charge in [0.2, 0.25) is 0 Å². The molecule has 1 heterocycles. The molecule has 0 aliphatic heterocycles. The number of pyridine rings is 1. The van der Waals surface area contributed by atoms with Gasteiger partial charge in [-0.1, -0.05) is 11.8 Å². The molecular formula is C8H9N3. The molecule has 0 fully saturated rings. The van der Waals surface area contributed by atoms with Gasteiger partial charge in [-0.2, -0.15) is 0 Å². The average molecular weight is 147 g/mol. The molecule has 0 atom stereocenters. The van der Waals surface area contributed by atoms with E-state index in [9.17, 15) is 0 Å². The van der Waals surface area contributed by atoms with Crippen molar-refractivity contribution in [2.45, 2.75) is 0 Å². The van der Waals surface area contributed by atoms with Crippen LogP contribution in [0.1, 0.15) is 5.56 Å². The van der Waals surface area contributed by atoms with Gasteiger partial charge >= 0.3 is 0 Å². The minimum atomic E-state index is 0.363. The van der Waals surface area contributed by atoms with Crippen molar-refractivity contribution in [1.82, 2.24) is 4.98 Å². The molecule has 0 aliphatic rings. The average Bonchev–Trinajstić information content (AvgIpc) is 2.01. The second-order valence-electron chi connectivity index (χ2n) is 1.98. The van der Waals surface area contributed by atoms with E-state index in [0.29, 0.717) is 12.4 Å². The Morgan fingerprint density at radius 1 is 1.55 bits per heavy atom. The van der Waals surface area contributed by atoms with Crippen molar-refractivity contribution in [3.05, 3.63) is 23.9 Å². The van der Waals surface area contributed by atoms with Crippen LogP contribution in [0.4, 0.5) is 5.82 Å². The maximum atomic E-state index is 5.42. The van der Waals surface area contributed by atoms with Gasteiger partial charge in [-0.05, 0) is 12.1 Å². The van der Waals surface area contributed by atoms with Crippen molar-refractivity contribution in [3.63, 3.8) is 0 Å². The summed E-state index contributed by atoms with van der Waals surface area (Å²) in [6.07, 6.45) is 1.62.